The minimum atomic E-state index is 0.730. The van der Waals surface area contributed by atoms with Gasteiger partial charge in [0.05, 0.1) is 0 Å². The molecule has 1 N–H and O–H groups in total. The van der Waals surface area contributed by atoms with Gasteiger partial charge in [-0.25, -0.2) is 4.98 Å². The highest BCUT2D eigenvalue weighted by Gasteiger charge is 2.17. The molecule has 1 aromatic rings. The summed E-state index contributed by atoms with van der Waals surface area (Å²) in [5, 5.41) is 3.22. The van der Waals surface area contributed by atoms with Crippen molar-refractivity contribution in [1.82, 2.24) is 10.3 Å². The first-order valence-electron chi connectivity index (χ1n) is 7.66. The number of rotatable bonds is 6. The Balaban J connectivity index is 2.06. The fourth-order valence-electron chi connectivity index (χ4n) is 2.73. The van der Waals surface area contributed by atoms with Crippen LogP contribution < -0.4 is 10.2 Å². The van der Waals surface area contributed by atoms with Gasteiger partial charge in [0.15, 0.2) is 0 Å². The fourth-order valence-corrected chi connectivity index (χ4v) is 2.73. The molecular formula is C16H27N3O. The van der Waals surface area contributed by atoms with E-state index < -0.39 is 0 Å². The van der Waals surface area contributed by atoms with Gasteiger partial charge in [-0.2, -0.15) is 0 Å². The van der Waals surface area contributed by atoms with Gasteiger partial charge < -0.3 is 15.0 Å². The largest absolute Gasteiger partial charge is 0.381 e. The van der Waals surface area contributed by atoms with Crippen molar-refractivity contribution in [3.8, 4) is 0 Å². The minimum absolute atomic E-state index is 0.730. The number of hydrogen-bond acceptors (Lipinski definition) is 4. The van der Waals surface area contributed by atoms with Crippen LogP contribution in [-0.4, -0.2) is 38.8 Å². The quantitative estimate of drug-likeness (QED) is 0.865. The lowest BCUT2D eigenvalue weighted by Gasteiger charge is -2.28. The number of aryl methyl sites for hydroxylation is 1. The van der Waals surface area contributed by atoms with E-state index >= 15 is 0 Å². The molecule has 1 aromatic heterocycles. The molecule has 2 heterocycles. The third-order valence-corrected chi connectivity index (χ3v) is 3.93. The van der Waals surface area contributed by atoms with Crippen LogP contribution in [0.5, 0.6) is 0 Å². The maximum absolute atomic E-state index is 5.43. The number of ether oxygens (including phenoxy) is 1. The normalized spacial score (nSPS) is 16.4. The zero-order chi connectivity index (χ0) is 14.4. The van der Waals surface area contributed by atoms with E-state index in [0.717, 1.165) is 44.5 Å². The Kier molecular flexibility index (Phi) is 5.80. The Morgan fingerprint density at radius 2 is 2.10 bits per heavy atom. The average Bonchev–Trinajstić information content (AvgIpc) is 2.48. The zero-order valence-corrected chi connectivity index (χ0v) is 13.0. The van der Waals surface area contributed by atoms with Crippen LogP contribution in [0, 0.1) is 5.92 Å². The van der Waals surface area contributed by atoms with Crippen LogP contribution in [0.3, 0.4) is 0 Å². The molecule has 1 fully saturated rings. The summed E-state index contributed by atoms with van der Waals surface area (Å²) in [6.45, 7) is 5.95. The summed E-state index contributed by atoms with van der Waals surface area (Å²) in [6.07, 6.45) is 3.32. The number of nitrogens with one attached hydrogen (secondary N) is 1. The van der Waals surface area contributed by atoms with Gasteiger partial charge in [0, 0.05) is 39.0 Å². The van der Waals surface area contributed by atoms with Crippen LogP contribution in [0.4, 0.5) is 5.82 Å². The predicted molar refractivity (Wildman–Crippen MR) is 83.2 cm³/mol. The molecule has 0 aliphatic carbocycles. The molecule has 0 radical (unpaired) electrons. The van der Waals surface area contributed by atoms with E-state index in [2.05, 4.69) is 36.3 Å². The predicted octanol–water partition coefficient (Wildman–Crippen LogP) is 2.23. The Morgan fingerprint density at radius 3 is 2.75 bits per heavy atom. The van der Waals surface area contributed by atoms with E-state index in [1.807, 2.05) is 7.05 Å². The highest BCUT2D eigenvalue weighted by molar-refractivity contribution is 5.42. The third kappa shape index (κ3) is 4.18. The van der Waals surface area contributed by atoms with Gasteiger partial charge in [0.1, 0.15) is 5.82 Å². The molecule has 0 aromatic carbocycles. The van der Waals surface area contributed by atoms with E-state index in [4.69, 9.17) is 9.72 Å². The molecule has 0 saturated carbocycles. The second-order valence-electron chi connectivity index (χ2n) is 5.65. The molecule has 1 aliphatic rings. The average molecular weight is 277 g/mol. The molecule has 1 aliphatic heterocycles. The Bertz CT molecular complexity index is 416. The van der Waals surface area contributed by atoms with E-state index in [1.165, 1.54) is 24.1 Å². The van der Waals surface area contributed by atoms with Crippen molar-refractivity contribution in [2.45, 2.75) is 32.7 Å². The highest BCUT2D eigenvalue weighted by Crippen LogP contribution is 2.20. The summed E-state index contributed by atoms with van der Waals surface area (Å²) < 4.78 is 5.43. The van der Waals surface area contributed by atoms with Crippen molar-refractivity contribution in [1.29, 1.82) is 0 Å². The van der Waals surface area contributed by atoms with Gasteiger partial charge in [-0.3, -0.25) is 0 Å². The van der Waals surface area contributed by atoms with E-state index in [1.54, 1.807) is 0 Å². The van der Waals surface area contributed by atoms with Crippen LogP contribution in [0.1, 0.15) is 31.0 Å². The van der Waals surface area contributed by atoms with Gasteiger partial charge in [-0.15, -0.1) is 0 Å². The third-order valence-electron chi connectivity index (χ3n) is 3.93. The molecule has 1 saturated heterocycles. The first-order chi connectivity index (χ1) is 9.72. The lowest BCUT2D eigenvalue weighted by atomic mass is 10.00. The van der Waals surface area contributed by atoms with Crippen molar-refractivity contribution in [2.24, 2.45) is 5.92 Å². The van der Waals surface area contributed by atoms with Gasteiger partial charge in [0.25, 0.3) is 0 Å². The fraction of sp³-hybridized carbons (Fsp3) is 0.688. The van der Waals surface area contributed by atoms with Gasteiger partial charge >= 0.3 is 0 Å². The number of pyridine rings is 1. The van der Waals surface area contributed by atoms with Gasteiger partial charge in [-0.05, 0) is 49.9 Å². The molecule has 0 bridgehead atoms. The number of hydrogen-bond donors (Lipinski definition) is 1. The SMILES string of the molecule is CCc1cc(CNC)cc(N(C)CC2CCOCC2)n1. The standard InChI is InChI=1S/C16H27N3O/c1-4-15-9-14(11-17-2)10-16(18-15)19(3)12-13-5-7-20-8-6-13/h9-10,13,17H,4-8,11-12H2,1-3H3. The molecule has 4 heteroatoms. The van der Waals surface area contributed by atoms with Crippen LogP contribution in [-0.2, 0) is 17.7 Å². The smallest absolute Gasteiger partial charge is 0.128 e. The number of nitrogens with zero attached hydrogens (tertiary/aromatic N) is 2. The Labute approximate surface area is 122 Å². The summed E-state index contributed by atoms with van der Waals surface area (Å²) >= 11 is 0. The van der Waals surface area contributed by atoms with E-state index in [9.17, 15) is 0 Å². The van der Waals surface area contributed by atoms with Crippen LogP contribution in [0.25, 0.3) is 0 Å². The van der Waals surface area contributed by atoms with Crippen molar-refractivity contribution in [3.05, 3.63) is 23.4 Å². The first-order valence-corrected chi connectivity index (χ1v) is 7.66. The van der Waals surface area contributed by atoms with Crippen LogP contribution in [0.15, 0.2) is 12.1 Å². The molecule has 0 spiro atoms. The molecule has 0 amide bonds. The van der Waals surface area contributed by atoms with Crippen molar-refractivity contribution in [2.75, 3.05) is 38.8 Å². The molecule has 2 rings (SSSR count). The van der Waals surface area contributed by atoms with Gasteiger partial charge in [-0.1, -0.05) is 6.92 Å². The second-order valence-corrected chi connectivity index (χ2v) is 5.65. The van der Waals surface area contributed by atoms with Crippen molar-refractivity contribution in [3.63, 3.8) is 0 Å². The summed E-state index contributed by atoms with van der Waals surface area (Å²) in [6, 6.07) is 4.40. The number of aromatic nitrogens is 1. The lowest BCUT2D eigenvalue weighted by Crippen LogP contribution is -2.30. The Morgan fingerprint density at radius 1 is 1.35 bits per heavy atom. The topological polar surface area (TPSA) is 37.4 Å². The van der Waals surface area contributed by atoms with E-state index in [0.29, 0.717) is 0 Å². The molecule has 4 nitrogen and oxygen atoms in total. The molecule has 20 heavy (non-hydrogen) atoms. The zero-order valence-electron chi connectivity index (χ0n) is 13.0. The van der Waals surface area contributed by atoms with Crippen LogP contribution >= 0.6 is 0 Å². The van der Waals surface area contributed by atoms with Crippen molar-refractivity contribution >= 4 is 5.82 Å². The maximum atomic E-state index is 5.43. The monoisotopic (exact) mass is 277 g/mol. The molecular weight excluding hydrogens is 250 g/mol. The van der Waals surface area contributed by atoms with E-state index in [-0.39, 0.29) is 0 Å². The first kappa shape index (κ1) is 15.3. The second kappa shape index (κ2) is 7.60. The van der Waals surface area contributed by atoms with Crippen molar-refractivity contribution < 1.29 is 4.74 Å². The molecule has 0 unspecified atom stereocenters. The minimum Gasteiger partial charge on any atom is -0.381 e. The summed E-state index contributed by atoms with van der Waals surface area (Å²) in [5.74, 6) is 1.83. The molecule has 0 atom stereocenters. The summed E-state index contributed by atoms with van der Waals surface area (Å²) in [4.78, 5) is 7.07. The highest BCUT2D eigenvalue weighted by atomic mass is 16.5. The number of anilines is 1. The maximum Gasteiger partial charge on any atom is 0.128 e. The lowest BCUT2D eigenvalue weighted by molar-refractivity contribution is 0.0685. The van der Waals surface area contributed by atoms with Crippen LogP contribution in [0.2, 0.25) is 0 Å². The summed E-state index contributed by atoms with van der Waals surface area (Å²) in [7, 11) is 4.14. The summed E-state index contributed by atoms with van der Waals surface area (Å²) in [5.41, 5.74) is 2.49. The molecule has 112 valence electrons. The Hall–Kier alpha value is -1.13. The van der Waals surface area contributed by atoms with Gasteiger partial charge in [0.2, 0.25) is 0 Å².